The van der Waals surface area contributed by atoms with Gasteiger partial charge < -0.3 is 14.2 Å². The van der Waals surface area contributed by atoms with Crippen molar-refractivity contribution in [2.45, 2.75) is 27.7 Å². The van der Waals surface area contributed by atoms with Gasteiger partial charge >= 0.3 is 17.9 Å². The highest BCUT2D eigenvalue weighted by Gasteiger charge is 2.22. The quantitative estimate of drug-likeness (QED) is 0.221. The van der Waals surface area contributed by atoms with E-state index in [1.165, 1.54) is 31.2 Å². The van der Waals surface area contributed by atoms with Crippen molar-refractivity contribution in [1.29, 1.82) is 0 Å². The molecular formula is C27H26O7. The van der Waals surface area contributed by atoms with Crippen LogP contribution in [0.15, 0.2) is 72.8 Å². The summed E-state index contributed by atoms with van der Waals surface area (Å²) in [5.74, 6) is -2.65. The lowest BCUT2D eigenvalue weighted by atomic mass is 10.1. The van der Waals surface area contributed by atoms with Gasteiger partial charge in [0.05, 0.1) is 11.5 Å². The van der Waals surface area contributed by atoms with Crippen LogP contribution in [0.1, 0.15) is 43.6 Å². The van der Waals surface area contributed by atoms with Gasteiger partial charge in [0, 0.05) is 11.1 Å². The summed E-state index contributed by atoms with van der Waals surface area (Å²) in [6, 6.07) is 10.9. The number of carbonyl (C=O) groups excluding carboxylic acids is 4. The van der Waals surface area contributed by atoms with Gasteiger partial charge in [-0.2, -0.15) is 0 Å². The number of esters is 3. The summed E-state index contributed by atoms with van der Waals surface area (Å²) in [4.78, 5) is 48.8. The van der Waals surface area contributed by atoms with E-state index in [0.29, 0.717) is 11.3 Å². The van der Waals surface area contributed by atoms with E-state index in [0.717, 1.165) is 0 Å². The fourth-order valence-corrected chi connectivity index (χ4v) is 2.40. The molecule has 7 nitrogen and oxygen atoms in total. The van der Waals surface area contributed by atoms with E-state index in [2.05, 4.69) is 13.2 Å². The SMILES string of the molecule is C=C(C)C(=O)Oc1ccc(/C=C/C(=O)c2cccc(OC(=O)C(=C)C)c2OC(=O)C(C)C)cc1. The van der Waals surface area contributed by atoms with E-state index < -0.39 is 29.6 Å². The molecule has 2 aromatic rings. The Morgan fingerprint density at radius 1 is 0.824 bits per heavy atom. The maximum absolute atomic E-state index is 12.9. The zero-order valence-corrected chi connectivity index (χ0v) is 19.5. The molecule has 0 radical (unpaired) electrons. The Morgan fingerprint density at radius 2 is 1.41 bits per heavy atom. The second-order valence-corrected chi connectivity index (χ2v) is 7.81. The molecule has 0 aliphatic rings. The Kier molecular flexibility index (Phi) is 8.84. The first-order chi connectivity index (χ1) is 16.0. The van der Waals surface area contributed by atoms with Crippen LogP contribution in [-0.2, 0) is 14.4 Å². The van der Waals surface area contributed by atoms with Crippen LogP contribution in [0.4, 0.5) is 0 Å². The van der Waals surface area contributed by atoms with E-state index in [4.69, 9.17) is 14.2 Å². The second-order valence-electron chi connectivity index (χ2n) is 7.81. The van der Waals surface area contributed by atoms with Crippen molar-refractivity contribution in [2.75, 3.05) is 0 Å². The molecule has 176 valence electrons. The van der Waals surface area contributed by atoms with Crippen molar-refractivity contribution >= 4 is 29.8 Å². The molecule has 0 saturated carbocycles. The predicted molar refractivity (Wildman–Crippen MR) is 128 cm³/mol. The number of ether oxygens (including phenoxy) is 3. The third-order valence-electron chi connectivity index (χ3n) is 4.34. The van der Waals surface area contributed by atoms with E-state index in [-0.39, 0.29) is 28.2 Å². The standard InChI is InChI=1S/C27H26O7/c1-16(2)25(29)32-20-13-10-19(11-14-20)12-15-22(28)21-8-7-9-23(33-26(30)17(3)4)24(21)34-27(31)18(5)6/h7-15,18H,1,3H2,2,4-6H3/b15-12+. The van der Waals surface area contributed by atoms with Gasteiger partial charge in [0.25, 0.3) is 0 Å². The van der Waals surface area contributed by atoms with Crippen molar-refractivity contribution in [3.05, 3.63) is 84.0 Å². The number of ketones is 1. The van der Waals surface area contributed by atoms with Crippen molar-refractivity contribution in [2.24, 2.45) is 5.92 Å². The van der Waals surface area contributed by atoms with Crippen LogP contribution >= 0.6 is 0 Å². The molecule has 0 spiro atoms. The first-order valence-corrected chi connectivity index (χ1v) is 10.4. The molecule has 0 unspecified atom stereocenters. The normalized spacial score (nSPS) is 10.6. The van der Waals surface area contributed by atoms with Crippen molar-refractivity contribution in [3.63, 3.8) is 0 Å². The van der Waals surface area contributed by atoms with Crippen LogP contribution in [0.5, 0.6) is 17.2 Å². The molecule has 2 rings (SSSR count). The molecule has 0 aromatic heterocycles. The van der Waals surface area contributed by atoms with Crippen LogP contribution in [0.2, 0.25) is 0 Å². The minimum atomic E-state index is -0.713. The first kappa shape index (κ1) is 26.0. The molecule has 34 heavy (non-hydrogen) atoms. The number of carbonyl (C=O) groups is 4. The number of hydrogen-bond donors (Lipinski definition) is 0. The molecule has 0 fully saturated rings. The molecular weight excluding hydrogens is 436 g/mol. The van der Waals surface area contributed by atoms with Gasteiger partial charge in [-0.15, -0.1) is 0 Å². The number of hydrogen-bond acceptors (Lipinski definition) is 7. The molecule has 0 aliphatic carbocycles. The summed E-state index contributed by atoms with van der Waals surface area (Å²) in [6.07, 6.45) is 2.84. The highest BCUT2D eigenvalue weighted by Crippen LogP contribution is 2.33. The second kappa shape index (κ2) is 11.6. The molecule has 0 aliphatic heterocycles. The molecule has 0 atom stereocenters. The minimum absolute atomic E-state index is 0.0456. The lowest BCUT2D eigenvalue weighted by molar-refractivity contribution is -0.138. The highest BCUT2D eigenvalue weighted by atomic mass is 16.6. The molecule has 7 heteroatoms. The Morgan fingerprint density at radius 3 is 1.97 bits per heavy atom. The van der Waals surface area contributed by atoms with Gasteiger partial charge in [-0.3, -0.25) is 9.59 Å². The van der Waals surface area contributed by atoms with Gasteiger partial charge in [0.1, 0.15) is 5.75 Å². The zero-order valence-electron chi connectivity index (χ0n) is 19.5. The van der Waals surface area contributed by atoms with Crippen LogP contribution in [-0.4, -0.2) is 23.7 Å². The molecule has 0 saturated heterocycles. The largest absolute Gasteiger partial charge is 0.423 e. The van der Waals surface area contributed by atoms with E-state index >= 15 is 0 Å². The smallest absolute Gasteiger partial charge is 0.338 e. The zero-order chi connectivity index (χ0) is 25.4. The molecule has 0 amide bonds. The average Bonchev–Trinajstić information content (AvgIpc) is 2.79. The van der Waals surface area contributed by atoms with Crippen LogP contribution < -0.4 is 14.2 Å². The summed E-state index contributed by atoms with van der Waals surface area (Å²) in [7, 11) is 0. The van der Waals surface area contributed by atoms with Crippen LogP contribution in [0, 0.1) is 5.92 Å². The number of para-hydroxylation sites is 1. The van der Waals surface area contributed by atoms with E-state index in [9.17, 15) is 19.2 Å². The fraction of sp³-hybridized carbons (Fsp3) is 0.185. The number of rotatable bonds is 9. The molecule has 2 aromatic carbocycles. The lowest BCUT2D eigenvalue weighted by Crippen LogP contribution is -2.18. The molecule has 0 heterocycles. The minimum Gasteiger partial charge on any atom is -0.423 e. The fourth-order valence-electron chi connectivity index (χ4n) is 2.40. The summed E-state index contributed by atoms with van der Waals surface area (Å²) in [6.45, 7) is 13.4. The summed E-state index contributed by atoms with van der Waals surface area (Å²) >= 11 is 0. The third-order valence-corrected chi connectivity index (χ3v) is 4.34. The topological polar surface area (TPSA) is 96.0 Å². The Labute approximate surface area is 198 Å². The third kappa shape index (κ3) is 7.13. The maximum Gasteiger partial charge on any atom is 0.338 e. The Bertz CT molecular complexity index is 1170. The van der Waals surface area contributed by atoms with E-state index in [1.807, 2.05) is 0 Å². The lowest BCUT2D eigenvalue weighted by Gasteiger charge is -2.14. The van der Waals surface area contributed by atoms with Gasteiger partial charge in [-0.25, -0.2) is 9.59 Å². The summed E-state index contributed by atoms with van der Waals surface area (Å²) in [5.41, 5.74) is 1.13. The maximum atomic E-state index is 12.9. The van der Waals surface area contributed by atoms with Crippen molar-refractivity contribution in [1.82, 2.24) is 0 Å². The Hall–Kier alpha value is -4.26. The first-order valence-electron chi connectivity index (χ1n) is 10.4. The summed E-state index contributed by atoms with van der Waals surface area (Å²) < 4.78 is 15.8. The monoisotopic (exact) mass is 462 g/mol. The van der Waals surface area contributed by atoms with Crippen LogP contribution in [0.25, 0.3) is 6.08 Å². The van der Waals surface area contributed by atoms with Gasteiger partial charge in [0.15, 0.2) is 17.3 Å². The molecule has 0 N–H and O–H groups in total. The van der Waals surface area contributed by atoms with Crippen LogP contribution in [0.3, 0.4) is 0 Å². The van der Waals surface area contributed by atoms with E-state index in [1.54, 1.807) is 51.1 Å². The number of benzene rings is 2. The molecule has 0 bridgehead atoms. The van der Waals surface area contributed by atoms with Crippen molar-refractivity contribution in [3.8, 4) is 17.2 Å². The average molecular weight is 462 g/mol. The van der Waals surface area contributed by atoms with Crippen molar-refractivity contribution < 1.29 is 33.4 Å². The Balaban J connectivity index is 2.31. The predicted octanol–water partition coefficient (Wildman–Crippen LogP) is 5.11. The van der Waals surface area contributed by atoms with Gasteiger partial charge in [0.2, 0.25) is 0 Å². The van der Waals surface area contributed by atoms with Gasteiger partial charge in [-0.05, 0) is 49.8 Å². The number of allylic oxidation sites excluding steroid dienone is 1. The highest BCUT2D eigenvalue weighted by molar-refractivity contribution is 6.09. The van der Waals surface area contributed by atoms with Gasteiger partial charge in [-0.1, -0.05) is 51.3 Å². The summed E-state index contributed by atoms with van der Waals surface area (Å²) in [5, 5.41) is 0.